The number of allylic oxidation sites excluding steroid dienone is 1. The Balaban J connectivity index is 0.00000139. The van der Waals surface area contributed by atoms with Crippen LogP contribution in [0.5, 0.6) is 0 Å². The summed E-state index contributed by atoms with van der Waals surface area (Å²) in [5.74, 6) is 0.940. The first-order valence-electron chi connectivity index (χ1n) is 17.1. The average molecular weight is 640 g/mol. The van der Waals surface area contributed by atoms with Crippen molar-refractivity contribution < 1.29 is 19.8 Å². The van der Waals surface area contributed by atoms with Crippen molar-refractivity contribution in [1.29, 1.82) is 0 Å². The number of carboxylic acid groups (broad SMARTS) is 1. The van der Waals surface area contributed by atoms with E-state index < -0.39 is 0 Å². The van der Waals surface area contributed by atoms with E-state index in [9.17, 15) is 14.7 Å². The summed E-state index contributed by atoms with van der Waals surface area (Å²) in [5.41, 5.74) is 8.97. The number of aliphatic hydroxyl groups excluding tert-OH is 1. The molecule has 8 nitrogen and oxygen atoms in total. The van der Waals surface area contributed by atoms with E-state index in [0.29, 0.717) is 18.8 Å². The van der Waals surface area contributed by atoms with Gasteiger partial charge in [0.1, 0.15) is 0 Å². The average Bonchev–Trinajstić information content (AvgIpc) is 3.49. The number of rotatable bonds is 9. The first-order chi connectivity index (χ1) is 22.6. The number of hydrogen-bond acceptors (Lipinski definition) is 6. The Morgan fingerprint density at radius 3 is 2.51 bits per heavy atom. The number of carbonyl (C=O) groups excluding carboxylic acids is 1. The van der Waals surface area contributed by atoms with Crippen molar-refractivity contribution in [3.63, 3.8) is 0 Å². The third kappa shape index (κ3) is 8.54. The summed E-state index contributed by atoms with van der Waals surface area (Å²) in [6.45, 7) is 8.82. The molecule has 47 heavy (non-hydrogen) atoms. The van der Waals surface area contributed by atoms with Gasteiger partial charge in [-0.15, -0.1) is 0 Å². The number of piperidine rings is 1. The first-order valence-corrected chi connectivity index (χ1v) is 17.1. The predicted octanol–water partition coefficient (Wildman–Crippen LogP) is 6.21. The van der Waals surface area contributed by atoms with Gasteiger partial charge in [0.15, 0.2) is 5.78 Å². The monoisotopic (exact) mass is 639 g/mol. The number of pyridine rings is 2. The Morgan fingerprint density at radius 2 is 1.83 bits per heavy atom. The van der Waals surface area contributed by atoms with Gasteiger partial charge in [-0.2, -0.15) is 0 Å². The minimum absolute atomic E-state index is 0.0757. The van der Waals surface area contributed by atoms with E-state index in [1.54, 1.807) is 12.3 Å². The van der Waals surface area contributed by atoms with Crippen LogP contribution >= 0.6 is 0 Å². The van der Waals surface area contributed by atoms with Gasteiger partial charge in [0.2, 0.25) is 5.56 Å². The van der Waals surface area contributed by atoms with Crippen LogP contribution < -0.4 is 5.56 Å². The quantitative estimate of drug-likeness (QED) is 0.238. The molecule has 1 saturated heterocycles. The molecule has 0 radical (unpaired) electrons. The number of aromatic amines is 1. The van der Waals surface area contributed by atoms with Crippen molar-refractivity contribution in [1.82, 2.24) is 14.9 Å². The van der Waals surface area contributed by atoms with E-state index in [1.165, 1.54) is 24.1 Å². The van der Waals surface area contributed by atoms with E-state index in [-0.39, 0.29) is 41.8 Å². The van der Waals surface area contributed by atoms with Crippen molar-refractivity contribution in [2.75, 3.05) is 19.7 Å². The number of aryl methyl sites for hydroxylation is 1. The lowest BCUT2D eigenvalue weighted by atomic mass is 9.71. The number of aromatic nitrogens is 2. The molecule has 3 N–H and O–H groups in total. The molecular formula is C39H49N3O5. The second kappa shape index (κ2) is 15.3. The smallest absolute Gasteiger partial charge is 0.290 e. The van der Waals surface area contributed by atoms with Crippen molar-refractivity contribution >= 4 is 18.3 Å². The summed E-state index contributed by atoms with van der Waals surface area (Å²) in [6, 6.07) is 14.3. The number of likely N-dealkylation sites (tertiary alicyclic amines) is 1. The highest BCUT2D eigenvalue weighted by Gasteiger charge is 2.31. The van der Waals surface area contributed by atoms with E-state index in [2.05, 4.69) is 67.1 Å². The molecule has 0 amide bonds. The van der Waals surface area contributed by atoms with E-state index >= 15 is 0 Å². The van der Waals surface area contributed by atoms with Crippen molar-refractivity contribution in [3.05, 3.63) is 92.7 Å². The number of ketones is 1. The summed E-state index contributed by atoms with van der Waals surface area (Å²) in [5, 5.41) is 16.9. The standard InChI is InChI=1S/C38H47N3O3.CH2O2/c1-38(2,3)32-12-13-34-30(20-32)18-29-19-31(21-35(29)40-34)36(43)22-27(15-17-41-16-5-4-6-33(41)24-42)25-7-9-26(10-8-25)28-11-14-37(44)39-23-28;2-1-3/h7-11,14,18-19,23,27,32-33,42H,4-6,12-13,15-17,20-22,24H2,1-3H3,(H,39,44);1H,(H,2,3)/t27-,32-,33?;/m0./s1. The molecule has 0 spiro atoms. The number of nitrogens with one attached hydrogen (secondary N) is 1. The molecule has 1 fully saturated rings. The van der Waals surface area contributed by atoms with Gasteiger partial charge >= 0.3 is 0 Å². The van der Waals surface area contributed by atoms with E-state index in [0.717, 1.165) is 78.7 Å². The second-order valence-electron chi connectivity index (χ2n) is 14.4. The zero-order chi connectivity index (χ0) is 33.6. The molecule has 3 aromatic rings. The summed E-state index contributed by atoms with van der Waals surface area (Å²) >= 11 is 0. The molecule has 1 unspecified atom stereocenters. The summed E-state index contributed by atoms with van der Waals surface area (Å²) < 4.78 is 0. The van der Waals surface area contributed by atoms with Gasteiger partial charge in [0.05, 0.1) is 12.3 Å². The van der Waals surface area contributed by atoms with Crippen molar-refractivity contribution in [2.45, 2.75) is 90.5 Å². The van der Waals surface area contributed by atoms with Gasteiger partial charge in [0.25, 0.3) is 6.47 Å². The minimum atomic E-state index is -0.250. The van der Waals surface area contributed by atoms with Crippen LogP contribution in [-0.4, -0.2) is 63.1 Å². The molecular weight excluding hydrogens is 590 g/mol. The molecule has 2 aromatic heterocycles. The molecule has 0 saturated carbocycles. The van der Waals surface area contributed by atoms with Crippen LogP contribution in [0.1, 0.15) is 93.3 Å². The van der Waals surface area contributed by atoms with Gasteiger partial charge in [0, 0.05) is 42.4 Å². The van der Waals surface area contributed by atoms with Crippen molar-refractivity contribution in [3.8, 4) is 11.1 Å². The molecule has 1 aliphatic heterocycles. The normalized spacial score (nSPS) is 19.9. The van der Waals surface area contributed by atoms with Gasteiger partial charge in [-0.25, -0.2) is 0 Å². The molecule has 6 rings (SSSR count). The molecule has 0 bridgehead atoms. The fourth-order valence-corrected chi connectivity index (χ4v) is 7.49. The molecule has 3 heterocycles. The zero-order valence-electron chi connectivity index (χ0n) is 28.0. The van der Waals surface area contributed by atoms with Crippen LogP contribution in [0.4, 0.5) is 0 Å². The van der Waals surface area contributed by atoms with Crippen LogP contribution in [0.3, 0.4) is 0 Å². The van der Waals surface area contributed by atoms with Crippen LogP contribution in [-0.2, 0) is 28.9 Å². The van der Waals surface area contributed by atoms with Gasteiger partial charge in [-0.1, -0.05) is 51.5 Å². The Morgan fingerprint density at radius 1 is 1.09 bits per heavy atom. The number of hydrogen-bond donors (Lipinski definition) is 3. The van der Waals surface area contributed by atoms with Crippen molar-refractivity contribution in [2.24, 2.45) is 11.3 Å². The first kappa shape index (κ1) is 34.5. The molecule has 250 valence electrons. The molecule has 3 aliphatic rings. The topological polar surface area (TPSA) is 124 Å². The van der Waals surface area contributed by atoms with Gasteiger partial charge < -0.3 is 15.2 Å². The summed E-state index contributed by atoms with van der Waals surface area (Å²) in [7, 11) is 0. The summed E-state index contributed by atoms with van der Waals surface area (Å²) in [4.78, 5) is 44.1. The largest absolute Gasteiger partial charge is 0.483 e. The second-order valence-corrected chi connectivity index (χ2v) is 14.4. The highest BCUT2D eigenvalue weighted by molar-refractivity contribution is 6.02. The molecule has 3 atom stereocenters. The maximum Gasteiger partial charge on any atom is 0.290 e. The third-order valence-corrected chi connectivity index (χ3v) is 10.4. The molecule has 1 aromatic carbocycles. The maximum atomic E-state index is 13.9. The highest BCUT2D eigenvalue weighted by atomic mass is 16.3. The van der Waals surface area contributed by atoms with Crippen LogP contribution in [0.25, 0.3) is 17.2 Å². The number of fused-ring (bicyclic) bond motifs is 2. The highest BCUT2D eigenvalue weighted by Crippen LogP contribution is 2.39. The zero-order valence-corrected chi connectivity index (χ0v) is 28.0. The fourth-order valence-electron chi connectivity index (χ4n) is 7.49. The Hall–Kier alpha value is -3.88. The fraction of sp³-hybridized carbons (Fsp3) is 0.487. The van der Waals surface area contributed by atoms with Crippen LogP contribution in [0, 0.1) is 11.3 Å². The van der Waals surface area contributed by atoms with Crippen LogP contribution in [0.2, 0.25) is 0 Å². The van der Waals surface area contributed by atoms with Crippen LogP contribution in [0.15, 0.2) is 59.0 Å². The number of benzene rings is 1. The Bertz CT molecular complexity index is 1620. The van der Waals surface area contributed by atoms with Gasteiger partial charge in [-0.3, -0.25) is 24.3 Å². The Kier molecular flexibility index (Phi) is 11.3. The lowest BCUT2D eigenvalue weighted by Gasteiger charge is -2.35. The Labute approximate surface area is 278 Å². The number of nitrogens with zero attached hydrogens (tertiary/aromatic N) is 2. The molecule has 8 heteroatoms. The summed E-state index contributed by atoms with van der Waals surface area (Å²) in [6.07, 6.45) is 12.4. The lowest BCUT2D eigenvalue weighted by molar-refractivity contribution is -0.123. The van der Waals surface area contributed by atoms with E-state index in [1.807, 2.05) is 6.07 Å². The predicted molar refractivity (Wildman–Crippen MR) is 185 cm³/mol. The maximum absolute atomic E-state index is 13.9. The molecule has 2 aliphatic carbocycles. The van der Waals surface area contributed by atoms with E-state index in [4.69, 9.17) is 14.9 Å². The number of aliphatic hydroxyl groups is 1. The minimum Gasteiger partial charge on any atom is -0.483 e. The lowest BCUT2D eigenvalue weighted by Crippen LogP contribution is -2.42. The number of Topliss-reactive ketones (excluding diaryl/α,β-unsaturated/α-hetero) is 1. The SMILES string of the molecule is CC(C)(C)[C@H]1CCc2nc3c(cc2C1)C=C(C(=O)C[C@H](CCN1CCCCC1CO)c1ccc(-c2ccc(=O)[nH]c2)cc1)C3.O=CO. The third-order valence-electron chi connectivity index (χ3n) is 10.4. The number of carbonyl (C=O) groups is 2. The van der Waals surface area contributed by atoms with Gasteiger partial charge in [-0.05, 0) is 115 Å². The number of H-pyrrole nitrogens is 1.